The van der Waals surface area contributed by atoms with Crippen LogP contribution in [0.3, 0.4) is 0 Å². The molecule has 0 radical (unpaired) electrons. The quantitative estimate of drug-likeness (QED) is 0.864. The van der Waals surface area contributed by atoms with Crippen molar-refractivity contribution in [3.8, 4) is 11.5 Å². The van der Waals surface area contributed by atoms with E-state index in [0.29, 0.717) is 22.6 Å². The molecule has 5 heteroatoms. The van der Waals surface area contributed by atoms with Crippen molar-refractivity contribution in [2.24, 2.45) is 0 Å². The molecule has 114 valence electrons. The maximum atomic E-state index is 11.7. The normalized spacial score (nSPS) is 13.5. The molecule has 1 fully saturated rings. The zero-order valence-corrected chi connectivity index (χ0v) is 13.5. The molecule has 1 aliphatic carbocycles. The molecule has 0 bridgehead atoms. The molecule has 0 aliphatic heterocycles. The van der Waals surface area contributed by atoms with Gasteiger partial charge >= 0.3 is 6.09 Å². The van der Waals surface area contributed by atoms with Gasteiger partial charge in [-0.05, 0) is 46.5 Å². The van der Waals surface area contributed by atoms with Gasteiger partial charge in [0.05, 0.1) is 0 Å². The topological polar surface area (TPSA) is 47.6 Å². The van der Waals surface area contributed by atoms with Crippen LogP contribution in [0.1, 0.15) is 18.4 Å². The molecule has 0 saturated heterocycles. The lowest BCUT2D eigenvalue weighted by atomic mass is 10.2. The third kappa shape index (κ3) is 4.01. The second-order valence-electron chi connectivity index (χ2n) is 5.15. The summed E-state index contributed by atoms with van der Waals surface area (Å²) in [5.41, 5.74) is 1.08. The molecule has 1 saturated carbocycles. The van der Waals surface area contributed by atoms with Crippen LogP contribution in [0, 0.1) is 0 Å². The molecule has 0 heterocycles. The van der Waals surface area contributed by atoms with Crippen LogP contribution >= 0.6 is 15.9 Å². The summed E-state index contributed by atoms with van der Waals surface area (Å²) in [7, 11) is 0. The zero-order chi connectivity index (χ0) is 15.4. The van der Waals surface area contributed by atoms with Crippen LogP contribution in [0.15, 0.2) is 53.0 Å². The first-order chi connectivity index (χ1) is 10.7. The average Bonchev–Trinajstić information content (AvgIpc) is 3.33. The fourth-order valence-electron chi connectivity index (χ4n) is 1.94. The van der Waals surface area contributed by atoms with E-state index in [9.17, 15) is 4.79 Å². The molecule has 1 amide bonds. The van der Waals surface area contributed by atoms with Crippen molar-refractivity contribution in [3.05, 3.63) is 58.6 Å². The molecule has 0 spiro atoms. The predicted octanol–water partition coefficient (Wildman–Crippen LogP) is 4.28. The van der Waals surface area contributed by atoms with Crippen LogP contribution in [0.25, 0.3) is 0 Å². The van der Waals surface area contributed by atoms with Crippen molar-refractivity contribution >= 4 is 22.0 Å². The van der Waals surface area contributed by atoms with E-state index in [1.807, 2.05) is 36.4 Å². The Morgan fingerprint density at radius 3 is 2.55 bits per heavy atom. The molecule has 1 aliphatic rings. The lowest BCUT2D eigenvalue weighted by molar-refractivity contribution is 0.199. The third-order valence-electron chi connectivity index (χ3n) is 3.27. The summed E-state index contributed by atoms with van der Waals surface area (Å²) in [4.78, 5) is 11.7. The van der Waals surface area contributed by atoms with Gasteiger partial charge in [0.15, 0.2) is 5.75 Å². The van der Waals surface area contributed by atoms with Crippen LogP contribution < -0.4 is 14.8 Å². The van der Waals surface area contributed by atoms with E-state index in [1.54, 1.807) is 12.1 Å². The van der Waals surface area contributed by atoms with Crippen LogP contribution in [0.5, 0.6) is 11.5 Å². The Labute approximate surface area is 137 Å². The third-order valence-corrected chi connectivity index (χ3v) is 4.05. The summed E-state index contributed by atoms with van der Waals surface area (Å²) in [5, 5.41) is 2.78. The minimum Gasteiger partial charge on any atom is -0.488 e. The first kappa shape index (κ1) is 14.9. The van der Waals surface area contributed by atoms with Gasteiger partial charge in [-0.3, -0.25) is 0 Å². The maximum absolute atomic E-state index is 11.7. The molecular weight excluding hydrogens is 346 g/mol. The van der Waals surface area contributed by atoms with Crippen molar-refractivity contribution in [2.75, 3.05) is 0 Å². The highest BCUT2D eigenvalue weighted by Gasteiger charge is 2.24. The smallest absolute Gasteiger partial charge is 0.412 e. The van der Waals surface area contributed by atoms with Crippen LogP contribution in [-0.4, -0.2) is 12.1 Å². The van der Waals surface area contributed by atoms with Gasteiger partial charge < -0.3 is 14.8 Å². The Balaban J connectivity index is 1.64. The Kier molecular flexibility index (Phi) is 4.63. The Morgan fingerprint density at radius 2 is 1.82 bits per heavy atom. The summed E-state index contributed by atoms with van der Waals surface area (Å²) in [6.45, 7) is 0.456. The molecule has 2 aromatic rings. The number of ether oxygens (including phenoxy) is 2. The lowest BCUT2D eigenvalue weighted by Crippen LogP contribution is -2.28. The second kappa shape index (κ2) is 6.83. The zero-order valence-electron chi connectivity index (χ0n) is 11.9. The fraction of sp³-hybridized carbons (Fsp3) is 0.235. The van der Waals surface area contributed by atoms with E-state index >= 15 is 0 Å². The van der Waals surface area contributed by atoms with Crippen LogP contribution in [-0.2, 0) is 6.61 Å². The van der Waals surface area contributed by atoms with Gasteiger partial charge in [0.2, 0.25) is 0 Å². The van der Waals surface area contributed by atoms with Crippen molar-refractivity contribution < 1.29 is 14.3 Å². The number of carbonyl (C=O) groups is 1. The number of halogens is 1. The molecular formula is C17H16BrNO3. The van der Waals surface area contributed by atoms with Gasteiger partial charge in [-0.25, -0.2) is 4.79 Å². The van der Waals surface area contributed by atoms with E-state index in [-0.39, 0.29) is 6.04 Å². The summed E-state index contributed by atoms with van der Waals surface area (Å²) in [6.07, 6.45) is 1.62. The average molecular weight is 362 g/mol. The Hall–Kier alpha value is -2.01. The van der Waals surface area contributed by atoms with E-state index < -0.39 is 6.09 Å². The molecule has 2 aromatic carbocycles. The monoisotopic (exact) mass is 361 g/mol. The van der Waals surface area contributed by atoms with E-state index in [1.165, 1.54) is 0 Å². The van der Waals surface area contributed by atoms with Crippen molar-refractivity contribution in [3.63, 3.8) is 0 Å². The Morgan fingerprint density at radius 1 is 1.09 bits per heavy atom. The molecule has 3 rings (SSSR count). The molecule has 0 unspecified atom stereocenters. The number of carbonyl (C=O) groups excluding carboxylic acids is 1. The first-order valence-electron chi connectivity index (χ1n) is 7.16. The van der Waals surface area contributed by atoms with Gasteiger partial charge in [-0.15, -0.1) is 0 Å². The molecule has 0 atom stereocenters. The lowest BCUT2D eigenvalue weighted by Gasteiger charge is -2.12. The van der Waals surface area contributed by atoms with Crippen molar-refractivity contribution in [1.82, 2.24) is 5.32 Å². The standard InChI is InChI=1S/C17H16BrNO3/c18-16-14(21-11-12-5-2-1-3-6-12)7-4-8-15(16)22-17(20)19-13-9-10-13/h1-8,13H,9-11H2,(H,19,20). The number of benzene rings is 2. The number of amides is 1. The molecule has 0 aromatic heterocycles. The first-order valence-corrected chi connectivity index (χ1v) is 7.95. The summed E-state index contributed by atoms with van der Waals surface area (Å²) in [6, 6.07) is 15.5. The van der Waals surface area contributed by atoms with Gasteiger partial charge in [-0.2, -0.15) is 0 Å². The van der Waals surface area contributed by atoms with Gasteiger partial charge in [0, 0.05) is 6.04 Å². The summed E-state index contributed by atoms with van der Waals surface area (Å²) < 4.78 is 11.7. The van der Waals surface area contributed by atoms with Gasteiger partial charge in [0.25, 0.3) is 0 Å². The van der Waals surface area contributed by atoms with E-state index in [2.05, 4.69) is 21.2 Å². The highest BCUT2D eigenvalue weighted by molar-refractivity contribution is 9.10. The highest BCUT2D eigenvalue weighted by atomic mass is 79.9. The van der Waals surface area contributed by atoms with E-state index in [4.69, 9.17) is 9.47 Å². The number of nitrogens with one attached hydrogen (secondary N) is 1. The second-order valence-corrected chi connectivity index (χ2v) is 5.94. The van der Waals surface area contributed by atoms with Crippen molar-refractivity contribution in [1.29, 1.82) is 0 Å². The number of rotatable bonds is 5. The van der Waals surface area contributed by atoms with Crippen molar-refractivity contribution in [2.45, 2.75) is 25.5 Å². The maximum Gasteiger partial charge on any atom is 0.412 e. The molecule has 1 N–H and O–H groups in total. The highest BCUT2D eigenvalue weighted by Crippen LogP contribution is 2.35. The number of hydrogen-bond acceptors (Lipinski definition) is 3. The van der Waals surface area contributed by atoms with Gasteiger partial charge in [0.1, 0.15) is 16.8 Å². The minimum absolute atomic E-state index is 0.267. The summed E-state index contributed by atoms with van der Waals surface area (Å²) >= 11 is 3.44. The van der Waals surface area contributed by atoms with Crippen LogP contribution in [0.2, 0.25) is 0 Å². The Bertz CT molecular complexity index is 656. The predicted molar refractivity (Wildman–Crippen MR) is 87.1 cm³/mol. The van der Waals surface area contributed by atoms with Gasteiger partial charge in [-0.1, -0.05) is 36.4 Å². The fourth-order valence-corrected chi connectivity index (χ4v) is 2.40. The largest absolute Gasteiger partial charge is 0.488 e. The summed E-state index contributed by atoms with van der Waals surface area (Å²) in [5.74, 6) is 1.09. The molecule has 22 heavy (non-hydrogen) atoms. The minimum atomic E-state index is -0.427. The van der Waals surface area contributed by atoms with Crippen LogP contribution in [0.4, 0.5) is 4.79 Å². The van der Waals surface area contributed by atoms with E-state index in [0.717, 1.165) is 18.4 Å². The molecule has 4 nitrogen and oxygen atoms in total. The number of hydrogen-bond donors (Lipinski definition) is 1. The SMILES string of the molecule is O=C(NC1CC1)Oc1cccc(OCc2ccccc2)c1Br.